The number of aromatic nitrogens is 1. The maximum Gasteiger partial charge on any atom is 0.257 e. The molecule has 0 bridgehead atoms. The number of pyridine rings is 1. The molecule has 3 rings (SSSR count). The normalized spacial score (nSPS) is 18.2. The van der Waals surface area contributed by atoms with Gasteiger partial charge in [0.25, 0.3) is 5.91 Å². The van der Waals surface area contributed by atoms with Gasteiger partial charge in [0.05, 0.1) is 11.6 Å². The number of carbonyl (C=O) groups is 1. The van der Waals surface area contributed by atoms with Gasteiger partial charge in [0.2, 0.25) is 0 Å². The Kier molecular flexibility index (Phi) is 3.29. The van der Waals surface area contributed by atoms with Gasteiger partial charge in [0.1, 0.15) is 5.15 Å². The molecule has 0 aliphatic carbocycles. The van der Waals surface area contributed by atoms with E-state index in [1.165, 1.54) is 10.4 Å². The molecule has 98 valence electrons. The van der Waals surface area contributed by atoms with Crippen LogP contribution in [0.5, 0.6) is 0 Å². The predicted octanol–water partition coefficient (Wildman–Crippen LogP) is 3.56. The van der Waals surface area contributed by atoms with Gasteiger partial charge in [-0.3, -0.25) is 4.79 Å². The Morgan fingerprint density at radius 1 is 1.53 bits per heavy atom. The Bertz CT molecular complexity index is 625. The molecule has 0 spiro atoms. The first kappa shape index (κ1) is 12.6. The molecule has 0 fully saturated rings. The molecule has 0 radical (unpaired) electrons. The average molecular weight is 293 g/mol. The van der Waals surface area contributed by atoms with E-state index >= 15 is 0 Å². The zero-order valence-corrected chi connectivity index (χ0v) is 12.0. The van der Waals surface area contributed by atoms with Crippen LogP contribution in [-0.4, -0.2) is 22.3 Å². The lowest BCUT2D eigenvalue weighted by Crippen LogP contribution is -2.38. The lowest BCUT2D eigenvalue weighted by molar-refractivity contribution is 0.0679. The molecule has 1 aliphatic rings. The van der Waals surface area contributed by atoms with E-state index in [2.05, 4.69) is 23.4 Å². The van der Waals surface area contributed by atoms with Crippen LogP contribution in [-0.2, 0) is 6.42 Å². The number of rotatable bonds is 1. The number of amides is 1. The summed E-state index contributed by atoms with van der Waals surface area (Å²) < 4.78 is 0. The third kappa shape index (κ3) is 2.15. The molecule has 1 amide bonds. The van der Waals surface area contributed by atoms with Crippen LogP contribution < -0.4 is 0 Å². The van der Waals surface area contributed by atoms with E-state index < -0.39 is 0 Å². The summed E-state index contributed by atoms with van der Waals surface area (Å²) in [6.07, 6.45) is 2.51. The van der Waals surface area contributed by atoms with Crippen molar-refractivity contribution in [1.82, 2.24) is 9.88 Å². The summed E-state index contributed by atoms with van der Waals surface area (Å²) in [4.78, 5) is 19.8. The zero-order valence-electron chi connectivity index (χ0n) is 10.5. The second-order valence-electron chi connectivity index (χ2n) is 4.57. The third-order valence-corrected chi connectivity index (χ3v) is 4.83. The van der Waals surface area contributed by atoms with Gasteiger partial charge < -0.3 is 4.90 Å². The number of carbonyl (C=O) groups excluding carboxylic acids is 1. The summed E-state index contributed by atoms with van der Waals surface area (Å²) in [5, 5.41) is 2.36. The summed E-state index contributed by atoms with van der Waals surface area (Å²) >= 11 is 7.77. The smallest absolute Gasteiger partial charge is 0.257 e. The van der Waals surface area contributed by atoms with Crippen molar-refractivity contribution in [1.29, 1.82) is 0 Å². The van der Waals surface area contributed by atoms with Crippen LogP contribution in [0, 0.1) is 0 Å². The van der Waals surface area contributed by atoms with E-state index in [0.29, 0.717) is 5.56 Å². The van der Waals surface area contributed by atoms with Crippen LogP contribution in [0.3, 0.4) is 0 Å². The minimum absolute atomic E-state index is 0.0394. The minimum Gasteiger partial charge on any atom is -0.331 e. The first-order valence-electron chi connectivity index (χ1n) is 6.16. The Hall–Kier alpha value is -1.39. The van der Waals surface area contributed by atoms with E-state index in [9.17, 15) is 4.79 Å². The minimum atomic E-state index is -0.0394. The largest absolute Gasteiger partial charge is 0.331 e. The van der Waals surface area contributed by atoms with Gasteiger partial charge in [-0.2, -0.15) is 0 Å². The summed E-state index contributed by atoms with van der Waals surface area (Å²) in [7, 11) is 0. The molecule has 3 nitrogen and oxygen atoms in total. The van der Waals surface area contributed by atoms with Crippen LogP contribution in [0.4, 0.5) is 0 Å². The standard InChI is InChI=1S/C14H13ClN2OS/c1-9-10-5-8-19-12(10)4-7-17(9)14(18)11-3-2-6-16-13(11)15/h2-3,5-6,8-9H,4,7H2,1H3. The molecule has 2 aromatic heterocycles. The highest BCUT2D eigenvalue weighted by Gasteiger charge is 2.29. The molecule has 0 aromatic carbocycles. The number of nitrogens with zero attached hydrogens (tertiary/aromatic N) is 2. The topological polar surface area (TPSA) is 33.2 Å². The molecule has 19 heavy (non-hydrogen) atoms. The van der Waals surface area contributed by atoms with Crippen LogP contribution in [0.1, 0.15) is 33.8 Å². The molecule has 0 saturated carbocycles. The first-order chi connectivity index (χ1) is 9.18. The fraction of sp³-hybridized carbons (Fsp3) is 0.286. The van der Waals surface area contributed by atoms with Crippen molar-refractivity contribution < 1.29 is 4.79 Å². The van der Waals surface area contributed by atoms with Gasteiger partial charge in [-0.25, -0.2) is 4.98 Å². The van der Waals surface area contributed by atoms with Crippen molar-refractivity contribution in [3.8, 4) is 0 Å². The van der Waals surface area contributed by atoms with E-state index in [4.69, 9.17) is 11.6 Å². The molecular formula is C14H13ClN2OS. The molecule has 2 aromatic rings. The lowest BCUT2D eigenvalue weighted by atomic mass is 10.0. The summed E-state index contributed by atoms with van der Waals surface area (Å²) in [6.45, 7) is 2.80. The zero-order chi connectivity index (χ0) is 13.4. The number of hydrogen-bond acceptors (Lipinski definition) is 3. The Morgan fingerprint density at radius 2 is 2.37 bits per heavy atom. The molecule has 0 N–H and O–H groups in total. The van der Waals surface area contributed by atoms with Crippen molar-refractivity contribution in [2.75, 3.05) is 6.54 Å². The second kappa shape index (κ2) is 4.94. The van der Waals surface area contributed by atoms with Crippen LogP contribution >= 0.6 is 22.9 Å². The maximum absolute atomic E-state index is 12.6. The van der Waals surface area contributed by atoms with Crippen LogP contribution in [0.15, 0.2) is 29.8 Å². The van der Waals surface area contributed by atoms with Gasteiger partial charge >= 0.3 is 0 Å². The third-order valence-electron chi connectivity index (χ3n) is 3.53. The van der Waals surface area contributed by atoms with Crippen molar-refractivity contribution in [2.24, 2.45) is 0 Å². The molecule has 0 saturated heterocycles. The fourth-order valence-electron chi connectivity index (χ4n) is 2.49. The van der Waals surface area contributed by atoms with Crippen molar-refractivity contribution >= 4 is 28.8 Å². The SMILES string of the molecule is CC1c2ccsc2CCN1C(=O)c1cccnc1Cl. The van der Waals surface area contributed by atoms with Crippen molar-refractivity contribution in [3.05, 3.63) is 50.9 Å². The summed E-state index contributed by atoms with van der Waals surface area (Å²) in [6, 6.07) is 5.67. The highest BCUT2D eigenvalue weighted by molar-refractivity contribution is 7.10. The highest BCUT2D eigenvalue weighted by Crippen LogP contribution is 2.34. The number of fused-ring (bicyclic) bond motifs is 1. The fourth-order valence-corrected chi connectivity index (χ4v) is 3.65. The lowest BCUT2D eigenvalue weighted by Gasteiger charge is -2.33. The van der Waals surface area contributed by atoms with Gasteiger partial charge in [-0.1, -0.05) is 11.6 Å². The highest BCUT2D eigenvalue weighted by atomic mass is 35.5. The van der Waals surface area contributed by atoms with Crippen LogP contribution in [0.25, 0.3) is 0 Å². The Morgan fingerprint density at radius 3 is 3.16 bits per heavy atom. The molecule has 1 unspecified atom stereocenters. The van der Waals surface area contributed by atoms with Crippen molar-refractivity contribution in [3.63, 3.8) is 0 Å². The van der Waals surface area contributed by atoms with Crippen molar-refractivity contribution in [2.45, 2.75) is 19.4 Å². The number of halogens is 1. The van der Waals surface area contributed by atoms with E-state index in [-0.39, 0.29) is 17.1 Å². The molecule has 1 atom stereocenters. The molecule has 1 aliphatic heterocycles. The molecule has 5 heteroatoms. The van der Waals surface area contributed by atoms with E-state index in [1.807, 2.05) is 4.90 Å². The van der Waals surface area contributed by atoms with Gasteiger partial charge in [-0.05, 0) is 42.5 Å². The van der Waals surface area contributed by atoms with E-state index in [0.717, 1.165) is 13.0 Å². The summed E-state index contributed by atoms with van der Waals surface area (Å²) in [5.74, 6) is -0.0394. The van der Waals surface area contributed by atoms with Gasteiger partial charge in [0, 0.05) is 17.6 Å². The van der Waals surface area contributed by atoms with Crippen LogP contribution in [0.2, 0.25) is 5.15 Å². The van der Waals surface area contributed by atoms with E-state index in [1.54, 1.807) is 29.7 Å². The number of hydrogen-bond donors (Lipinski definition) is 0. The summed E-state index contributed by atoms with van der Waals surface area (Å²) in [5.41, 5.74) is 1.74. The molecule has 3 heterocycles. The predicted molar refractivity (Wildman–Crippen MR) is 76.7 cm³/mol. The Labute approximate surface area is 120 Å². The average Bonchev–Trinajstić information content (AvgIpc) is 2.88. The Balaban J connectivity index is 1.92. The van der Waals surface area contributed by atoms with Gasteiger partial charge in [0.15, 0.2) is 0 Å². The second-order valence-corrected chi connectivity index (χ2v) is 5.92. The first-order valence-corrected chi connectivity index (χ1v) is 7.42. The van der Waals surface area contributed by atoms with Gasteiger partial charge in [-0.15, -0.1) is 11.3 Å². The monoisotopic (exact) mass is 292 g/mol. The quantitative estimate of drug-likeness (QED) is 0.753. The molecular weight excluding hydrogens is 280 g/mol. The number of thiophene rings is 1. The maximum atomic E-state index is 12.6.